The number of rotatable bonds is 7. The summed E-state index contributed by atoms with van der Waals surface area (Å²) in [4.78, 5) is 23.5. The number of alkyl carbamates (subject to hydrolysis) is 1. The molecule has 0 saturated heterocycles. The molecular formula is C19H25ClNO4. The van der Waals surface area contributed by atoms with Crippen molar-refractivity contribution in [3.63, 3.8) is 0 Å². The number of esters is 1. The summed E-state index contributed by atoms with van der Waals surface area (Å²) in [7, 11) is 0. The highest BCUT2D eigenvalue weighted by molar-refractivity contribution is 6.30. The fourth-order valence-electron chi connectivity index (χ4n) is 2.84. The molecule has 1 saturated carbocycles. The van der Waals surface area contributed by atoms with Crippen molar-refractivity contribution in [2.45, 2.75) is 38.0 Å². The van der Waals surface area contributed by atoms with Gasteiger partial charge in [-0.25, -0.2) is 4.79 Å². The van der Waals surface area contributed by atoms with Gasteiger partial charge < -0.3 is 14.8 Å². The molecule has 0 unspecified atom stereocenters. The lowest BCUT2D eigenvalue weighted by atomic mass is 9.89. The van der Waals surface area contributed by atoms with Gasteiger partial charge in [-0.1, -0.05) is 43.0 Å². The first-order valence-electron chi connectivity index (χ1n) is 8.72. The van der Waals surface area contributed by atoms with E-state index in [0.29, 0.717) is 11.6 Å². The summed E-state index contributed by atoms with van der Waals surface area (Å²) in [6, 6.07) is 7.32. The lowest BCUT2D eigenvalue weighted by molar-refractivity contribution is -0.150. The Hall–Kier alpha value is -1.75. The molecule has 0 spiro atoms. The van der Waals surface area contributed by atoms with Crippen LogP contribution in [-0.4, -0.2) is 31.8 Å². The molecule has 137 valence electrons. The molecule has 1 aromatic carbocycles. The molecule has 5 nitrogen and oxygen atoms in total. The molecule has 0 heterocycles. The number of hydrogen-bond donors (Lipinski definition) is 1. The van der Waals surface area contributed by atoms with Crippen LogP contribution in [0, 0.1) is 12.8 Å². The zero-order valence-electron chi connectivity index (χ0n) is 14.3. The molecular weight excluding hydrogens is 342 g/mol. The largest absolute Gasteiger partial charge is 0.462 e. The van der Waals surface area contributed by atoms with Crippen LogP contribution >= 0.6 is 11.6 Å². The van der Waals surface area contributed by atoms with Crippen molar-refractivity contribution in [2.75, 3.05) is 19.8 Å². The zero-order chi connectivity index (χ0) is 18.1. The van der Waals surface area contributed by atoms with Crippen molar-refractivity contribution in [1.82, 2.24) is 5.32 Å². The minimum Gasteiger partial charge on any atom is -0.462 e. The lowest BCUT2D eigenvalue weighted by Gasteiger charge is -2.19. The van der Waals surface area contributed by atoms with E-state index in [1.165, 1.54) is 6.42 Å². The Morgan fingerprint density at radius 3 is 2.44 bits per heavy atom. The second kappa shape index (κ2) is 10.3. The standard InChI is InChI=1S/C19H25ClNO4/c1-14(15-7-9-17(20)10-8-15)13-21-19(23)25-12-11-24-18(22)16-5-3-2-4-6-16/h7-10,14,16H,1-6,11-13H2,(H,21,23)/t14-/m0/s1. The monoisotopic (exact) mass is 366 g/mol. The molecule has 2 rings (SSSR count). The summed E-state index contributed by atoms with van der Waals surface area (Å²) in [6.45, 7) is 4.49. The fourth-order valence-corrected chi connectivity index (χ4v) is 2.97. The highest BCUT2D eigenvalue weighted by Gasteiger charge is 2.22. The van der Waals surface area contributed by atoms with Gasteiger partial charge in [0.2, 0.25) is 0 Å². The molecule has 1 aliphatic carbocycles. The summed E-state index contributed by atoms with van der Waals surface area (Å²) in [5.41, 5.74) is 0.978. The molecule has 1 fully saturated rings. The number of hydrogen-bond acceptors (Lipinski definition) is 4. The van der Waals surface area contributed by atoms with E-state index in [-0.39, 0.29) is 31.0 Å². The second-order valence-corrected chi connectivity index (χ2v) is 6.70. The smallest absolute Gasteiger partial charge is 0.407 e. The Morgan fingerprint density at radius 2 is 1.76 bits per heavy atom. The van der Waals surface area contributed by atoms with Crippen LogP contribution in [-0.2, 0) is 14.3 Å². The molecule has 1 amide bonds. The first-order chi connectivity index (χ1) is 12.1. The van der Waals surface area contributed by atoms with Gasteiger partial charge in [-0.15, -0.1) is 0 Å². The van der Waals surface area contributed by atoms with E-state index >= 15 is 0 Å². The first-order valence-corrected chi connectivity index (χ1v) is 9.10. The number of carbonyl (C=O) groups excluding carboxylic acids is 2. The number of carbonyl (C=O) groups is 2. The SMILES string of the molecule is [CH2][C@@H](CNC(=O)OCCOC(=O)C1CCCCC1)c1ccc(Cl)cc1. The first kappa shape index (κ1) is 19.6. The third-order valence-corrected chi connectivity index (χ3v) is 4.59. The van der Waals surface area contributed by atoms with E-state index in [9.17, 15) is 9.59 Å². The predicted octanol–water partition coefficient (Wildman–Crippen LogP) is 4.11. The fraction of sp³-hybridized carbons (Fsp3) is 0.526. The topological polar surface area (TPSA) is 64.6 Å². The molecule has 25 heavy (non-hydrogen) atoms. The Labute approximate surface area is 154 Å². The molecule has 6 heteroatoms. The van der Waals surface area contributed by atoms with Gasteiger partial charge in [-0.2, -0.15) is 0 Å². The van der Waals surface area contributed by atoms with Gasteiger partial charge in [0, 0.05) is 17.5 Å². The summed E-state index contributed by atoms with van der Waals surface area (Å²) in [6.07, 6.45) is 4.61. The molecule has 1 radical (unpaired) electrons. The minimum atomic E-state index is -0.545. The summed E-state index contributed by atoms with van der Waals surface area (Å²) in [5, 5.41) is 3.31. The van der Waals surface area contributed by atoms with Crippen LogP contribution in [0.1, 0.15) is 43.6 Å². The maximum atomic E-state index is 11.8. The van der Waals surface area contributed by atoms with E-state index in [1.807, 2.05) is 12.1 Å². The average molecular weight is 367 g/mol. The quantitative estimate of drug-likeness (QED) is 0.582. The third kappa shape index (κ3) is 6.94. The normalized spacial score (nSPS) is 16.1. The number of benzene rings is 1. The van der Waals surface area contributed by atoms with Gasteiger partial charge in [0.25, 0.3) is 0 Å². The molecule has 1 atom stereocenters. The van der Waals surface area contributed by atoms with Crippen LogP contribution < -0.4 is 5.32 Å². The van der Waals surface area contributed by atoms with Gasteiger partial charge in [0.15, 0.2) is 0 Å². The van der Waals surface area contributed by atoms with Gasteiger partial charge in [-0.3, -0.25) is 4.79 Å². The van der Waals surface area contributed by atoms with Crippen molar-refractivity contribution < 1.29 is 19.1 Å². The Morgan fingerprint density at radius 1 is 1.12 bits per heavy atom. The van der Waals surface area contributed by atoms with Crippen molar-refractivity contribution in [2.24, 2.45) is 5.92 Å². The number of halogens is 1. The molecule has 0 bridgehead atoms. The maximum Gasteiger partial charge on any atom is 0.407 e. The maximum absolute atomic E-state index is 11.8. The van der Waals surface area contributed by atoms with Crippen LogP contribution in [0.25, 0.3) is 0 Å². The minimum absolute atomic E-state index is 0.00822. The summed E-state index contributed by atoms with van der Waals surface area (Å²) >= 11 is 5.84. The number of nitrogens with one attached hydrogen (secondary N) is 1. The summed E-state index contributed by atoms with van der Waals surface area (Å²) in [5.74, 6) is -0.271. The van der Waals surface area contributed by atoms with E-state index < -0.39 is 6.09 Å². The van der Waals surface area contributed by atoms with Crippen molar-refractivity contribution in [1.29, 1.82) is 0 Å². The van der Waals surface area contributed by atoms with Crippen LogP contribution in [0.15, 0.2) is 24.3 Å². The Bertz CT molecular complexity index is 555. The summed E-state index contributed by atoms with van der Waals surface area (Å²) < 4.78 is 10.2. The average Bonchev–Trinajstić information content (AvgIpc) is 2.64. The van der Waals surface area contributed by atoms with Gasteiger partial charge in [-0.05, 0) is 37.5 Å². The Balaban J connectivity index is 1.57. The molecule has 1 aliphatic rings. The van der Waals surface area contributed by atoms with Gasteiger partial charge in [0.1, 0.15) is 13.2 Å². The van der Waals surface area contributed by atoms with Crippen LogP contribution in [0.2, 0.25) is 5.02 Å². The van der Waals surface area contributed by atoms with Crippen LogP contribution in [0.3, 0.4) is 0 Å². The highest BCUT2D eigenvalue weighted by atomic mass is 35.5. The van der Waals surface area contributed by atoms with Crippen molar-refractivity contribution in [3.05, 3.63) is 41.8 Å². The van der Waals surface area contributed by atoms with E-state index in [4.69, 9.17) is 21.1 Å². The molecule has 1 aromatic rings. The molecule has 0 aromatic heterocycles. The predicted molar refractivity (Wildman–Crippen MR) is 96.4 cm³/mol. The van der Waals surface area contributed by atoms with Gasteiger partial charge >= 0.3 is 12.1 Å². The van der Waals surface area contributed by atoms with Gasteiger partial charge in [0.05, 0.1) is 5.92 Å². The second-order valence-electron chi connectivity index (χ2n) is 6.27. The van der Waals surface area contributed by atoms with E-state index in [1.54, 1.807) is 12.1 Å². The zero-order valence-corrected chi connectivity index (χ0v) is 15.1. The third-order valence-electron chi connectivity index (χ3n) is 4.33. The molecule has 0 aliphatic heterocycles. The van der Waals surface area contributed by atoms with Crippen LogP contribution in [0.5, 0.6) is 0 Å². The number of amides is 1. The van der Waals surface area contributed by atoms with Crippen molar-refractivity contribution >= 4 is 23.7 Å². The van der Waals surface area contributed by atoms with Crippen molar-refractivity contribution in [3.8, 4) is 0 Å². The van der Waals surface area contributed by atoms with Crippen LogP contribution in [0.4, 0.5) is 4.79 Å². The molecule has 1 N–H and O–H groups in total. The highest BCUT2D eigenvalue weighted by Crippen LogP contribution is 2.24. The van der Waals surface area contributed by atoms with E-state index in [2.05, 4.69) is 12.2 Å². The van der Waals surface area contributed by atoms with E-state index in [0.717, 1.165) is 31.2 Å². The number of ether oxygens (including phenoxy) is 2. The lowest BCUT2D eigenvalue weighted by Crippen LogP contribution is -2.29. The Kier molecular flexibility index (Phi) is 8.06.